The van der Waals surface area contributed by atoms with Gasteiger partial charge in [-0.25, -0.2) is 4.98 Å². The number of fused-ring (bicyclic) bond motifs is 1. The number of nitrogens with zero attached hydrogens (tertiary/aromatic N) is 2. The van der Waals surface area contributed by atoms with Crippen LogP contribution in [0, 0.1) is 10.1 Å². The summed E-state index contributed by atoms with van der Waals surface area (Å²) in [5.41, 5.74) is 3.80. The van der Waals surface area contributed by atoms with E-state index >= 15 is 0 Å². The lowest BCUT2D eigenvalue weighted by Gasteiger charge is -2.10. The minimum Gasteiger partial charge on any atom is -0.496 e. The molecule has 1 amide bonds. The first-order chi connectivity index (χ1) is 15.4. The third kappa shape index (κ3) is 4.34. The van der Waals surface area contributed by atoms with Gasteiger partial charge < -0.3 is 9.15 Å². The number of ether oxygens (including phenoxy) is 1. The first kappa shape index (κ1) is 21.5. The average molecular weight is 470 g/mol. The van der Waals surface area contributed by atoms with Crippen molar-refractivity contribution in [1.29, 1.82) is 0 Å². The largest absolute Gasteiger partial charge is 0.496 e. The Morgan fingerprint density at radius 1 is 1.31 bits per heavy atom. The molecular formula is C22H16ClN3O5S. The van der Waals surface area contributed by atoms with Gasteiger partial charge in [0, 0.05) is 33.7 Å². The van der Waals surface area contributed by atoms with Gasteiger partial charge in [0.25, 0.3) is 0 Å². The number of methoxy groups -OCH3 is 1. The molecule has 0 aliphatic heterocycles. The molecule has 32 heavy (non-hydrogen) atoms. The molecule has 8 nitrogen and oxygen atoms in total. The van der Waals surface area contributed by atoms with Crippen LogP contribution in [0.1, 0.15) is 12.5 Å². The predicted octanol–water partition coefficient (Wildman–Crippen LogP) is 6.17. The van der Waals surface area contributed by atoms with E-state index in [1.165, 1.54) is 13.2 Å². The van der Waals surface area contributed by atoms with E-state index in [-0.39, 0.29) is 10.1 Å². The van der Waals surface area contributed by atoms with Gasteiger partial charge in [0.05, 0.1) is 18.3 Å². The summed E-state index contributed by atoms with van der Waals surface area (Å²) < 4.78 is 11.2. The van der Waals surface area contributed by atoms with E-state index in [0.717, 1.165) is 34.0 Å². The highest BCUT2D eigenvalue weighted by Crippen LogP contribution is 2.37. The van der Waals surface area contributed by atoms with Crippen LogP contribution in [0.4, 0.5) is 10.1 Å². The molecule has 0 unspecified atom stereocenters. The zero-order valence-corrected chi connectivity index (χ0v) is 18.5. The Balaban J connectivity index is 1.68. The van der Waals surface area contributed by atoms with Crippen molar-refractivity contribution in [3.8, 4) is 16.9 Å². The number of hydrogen-bond donors (Lipinski definition) is 1. The minimum absolute atomic E-state index is 0.146. The molecule has 0 saturated carbocycles. The molecule has 0 aliphatic carbocycles. The lowest BCUT2D eigenvalue weighted by Crippen LogP contribution is -2.08. The van der Waals surface area contributed by atoms with Gasteiger partial charge in [-0.15, -0.1) is 0 Å². The molecular weight excluding hydrogens is 454 g/mol. The third-order valence-corrected chi connectivity index (χ3v) is 5.84. The molecule has 4 rings (SSSR count). The molecule has 2 aromatic carbocycles. The molecule has 1 N–H and O–H groups in total. The minimum atomic E-state index is -0.558. The molecule has 0 spiro atoms. The second-order valence-corrected chi connectivity index (χ2v) is 8.23. The number of benzene rings is 2. The molecule has 162 valence electrons. The highest BCUT2D eigenvalue weighted by Gasteiger charge is 2.16. The molecule has 0 aliphatic rings. The van der Waals surface area contributed by atoms with Crippen molar-refractivity contribution in [2.24, 2.45) is 0 Å². The van der Waals surface area contributed by atoms with E-state index in [1.807, 2.05) is 18.2 Å². The van der Waals surface area contributed by atoms with Gasteiger partial charge in [0.1, 0.15) is 17.5 Å². The molecule has 0 saturated heterocycles. The topological polar surface area (TPSA) is 108 Å². The standard InChI is InChI=1S/C22H16ClN3O5S/c1-12(7-20(27)25-22-24-10-21(32-22)26(28)29)15-8-16-17(13-3-5-14(23)6-4-13)11-31-19(16)9-18(15)30-2/h3-11H,1-2H3,(H,24,25,27)/b12-7+. The van der Waals surface area contributed by atoms with Crippen LogP contribution in [0.3, 0.4) is 0 Å². The van der Waals surface area contributed by atoms with E-state index in [2.05, 4.69) is 10.3 Å². The Labute approximate surface area is 191 Å². The maximum absolute atomic E-state index is 12.4. The first-order valence-corrected chi connectivity index (χ1v) is 10.5. The van der Waals surface area contributed by atoms with Gasteiger partial charge in [0.15, 0.2) is 5.13 Å². The monoisotopic (exact) mass is 469 g/mol. The summed E-state index contributed by atoms with van der Waals surface area (Å²) in [5, 5.41) is 14.8. The number of carbonyl (C=O) groups excluding carboxylic acids is 1. The van der Waals surface area contributed by atoms with Gasteiger partial charge in [0.2, 0.25) is 5.91 Å². The van der Waals surface area contributed by atoms with E-state index in [0.29, 0.717) is 27.5 Å². The Bertz CT molecular complexity index is 1360. The fourth-order valence-corrected chi connectivity index (χ4v) is 3.97. The highest BCUT2D eigenvalue weighted by molar-refractivity contribution is 7.18. The van der Waals surface area contributed by atoms with Crippen molar-refractivity contribution in [3.63, 3.8) is 0 Å². The SMILES string of the molecule is COc1cc2occ(-c3ccc(Cl)cc3)c2cc1/C(C)=C/C(=O)Nc1ncc([N+](=O)[O-])s1. The number of furan rings is 1. The van der Waals surface area contributed by atoms with Gasteiger partial charge in [-0.05, 0) is 47.6 Å². The molecule has 10 heteroatoms. The van der Waals surface area contributed by atoms with Crippen molar-refractivity contribution in [2.45, 2.75) is 6.92 Å². The second-order valence-electron chi connectivity index (χ2n) is 6.78. The van der Waals surface area contributed by atoms with E-state index in [1.54, 1.807) is 31.4 Å². The van der Waals surface area contributed by atoms with Crippen LogP contribution < -0.4 is 10.1 Å². The smallest absolute Gasteiger partial charge is 0.345 e. The number of rotatable bonds is 6. The number of aromatic nitrogens is 1. The number of anilines is 1. The average Bonchev–Trinajstić information content (AvgIpc) is 3.40. The molecule has 0 bridgehead atoms. The quantitative estimate of drug-likeness (QED) is 0.205. The lowest BCUT2D eigenvalue weighted by molar-refractivity contribution is -0.380. The first-order valence-electron chi connectivity index (χ1n) is 9.30. The summed E-state index contributed by atoms with van der Waals surface area (Å²) in [6, 6.07) is 11.1. The zero-order chi connectivity index (χ0) is 22.8. The number of amides is 1. The lowest BCUT2D eigenvalue weighted by atomic mass is 9.99. The Morgan fingerprint density at radius 2 is 2.06 bits per heavy atom. The van der Waals surface area contributed by atoms with Crippen LogP contribution >= 0.6 is 22.9 Å². The third-order valence-electron chi connectivity index (χ3n) is 4.73. The number of thiazole rings is 1. The summed E-state index contributed by atoms with van der Waals surface area (Å²) in [5.74, 6) is 0.0833. The number of nitro groups is 1. The Kier molecular flexibility index (Phi) is 5.93. The van der Waals surface area contributed by atoms with Crippen LogP contribution in [0.15, 0.2) is 59.4 Å². The van der Waals surface area contributed by atoms with Crippen molar-refractivity contribution >= 4 is 55.5 Å². The predicted molar refractivity (Wildman–Crippen MR) is 124 cm³/mol. The fourth-order valence-electron chi connectivity index (χ4n) is 3.21. The number of halogens is 1. The van der Waals surface area contributed by atoms with E-state index in [9.17, 15) is 14.9 Å². The molecule has 4 aromatic rings. The molecule has 0 radical (unpaired) electrons. The summed E-state index contributed by atoms with van der Waals surface area (Å²) in [6.07, 6.45) is 4.15. The number of allylic oxidation sites excluding steroid dienone is 1. The van der Waals surface area contributed by atoms with E-state index < -0.39 is 10.8 Å². The second kappa shape index (κ2) is 8.81. The van der Waals surface area contributed by atoms with Crippen LogP contribution in [-0.2, 0) is 4.79 Å². The fraction of sp³-hybridized carbons (Fsp3) is 0.0909. The van der Waals surface area contributed by atoms with Gasteiger partial charge >= 0.3 is 5.00 Å². The van der Waals surface area contributed by atoms with Crippen LogP contribution in [0.2, 0.25) is 5.02 Å². The van der Waals surface area contributed by atoms with Gasteiger partial charge in [-0.2, -0.15) is 0 Å². The maximum atomic E-state index is 12.4. The normalized spacial score (nSPS) is 11.5. The van der Waals surface area contributed by atoms with Crippen LogP contribution in [0.25, 0.3) is 27.7 Å². The van der Waals surface area contributed by atoms with E-state index in [4.69, 9.17) is 20.8 Å². The van der Waals surface area contributed by atoms with Crippen molar-refractivity contribution < 1.29 is 18.9 Å². The summed E-state index contributed by atoms with van der Waals surface area (Å²) in [4.78, 5) is 26.5. The summed E-state index contributed by atoms with van der Waals surface area (Å²) in [7, 11) is 1.54. The molecule has 0 atom stereocenters. The summed E-state index contributed by atoms with van der Waals surface area (Å²) >= 11 is 6.78. The maximum Gasteiger partial charge on any atom is 0.345 e. The number of carbonyl (C=O) groups is 1. The van der Waals surface area contributed by atoms with Crippen molar-refractivity contribution in [3.05, 3.63) is 75.6 Å². The molecule has 0 fully saturated rings. The Hall–Kier alpha value is -3.69. The Morgan fingerprint density at radius 3 is 2.72 bits per heavy atom. The zero-order valence-electron chi connectivity index (χ0n) is 16.9. The van der Waals surface area contributed by atoms with Crippen LogP contribution in [0.5, 0.6) is 5.75 Å². The molecule has 2 heterocycles. The van der Waals surface area contributed by atoms with Crippen LogP contribution in [-0.4, -0.2) is 22.9 Å². The number of nitrogens with one attached hydrogen (secondary N) is 1. The number of hydrogen-bond acceptors (Lipinski definition) is 7. The highest BCUT2D eigenvalue weighted by atomic mass is 35.5. The molecule has 2 aromatic heterocycles. The van der Waals surface area contributed by atoms with Gasteiger partial charge in [-0.3, -0.25) is 20.2 Å². The van der Waals surface area contributed by atoms with Gasteiger partial charge in [-0.1, -0.05) is 23.7 Å². The van der Waals surface area contributed by atoms with Crippen molar-refractivity contribution in [1.82, 2.24) is 4.98 Å². The van der Waals surface area contributed by atoms with Crippen molar-refractivity contribution in [2.75, 3.05) is 12.4 Å². The summed E-state index contributed by atoms with van der Waals surface area (Å²) in [6.45, 7) is 1.77.